The van der Waals surface area contributed by atoms with Gasteiger partial charge in [0.1, 0.15) is 6.07 Å². The molecule has 1 unspecified atom stereocenters. The van der Waals surface area contributed by atoms with Gasteiger partial charge >= 0.3 is 0 Å². The summed E-state index contributed by atoms with van der Waals surface area (Å²) < 4.78 is 1.75. The Morgan fingerprint density at radius 1 is 1.21 bits per heavy atom. The van der Waals surface area contributed by atoms with Crippen molar-refractivity contribution in [3.8, 4) is 6.07 Å². The SMILES string of the molecule is CCC1(CC)[C@@H](CC(C)O)CC[C@@H]2[C@@H]1CC[C@@]1(C)[C@H]2CC[C@@H]1[C@](C)(O)Cn1cc(C#N)cn1. The van der Waals surface area contributed by atoms with Gasteiger partial charge in [0, 0.05) is 6.20 Å². The van der Waals surface area contributed by atoms with Gasteiger partial charge in [0.05, 0.1) is 30.0 Å². The van der Waals surface area contributed by atoms with E-state index >= 15 is 0 Å². The Kier molecular flexibility index (Phi) is 6.75. The Bertz CT molecular complexity index is 865. The Labute approximate surface area is 200 Å². The zero-order valence-corrected chi connectivity index (χ0v) is 21.4. The van der Waals surface area contributed by atoms with Crippen molar-refractivity contribution in [2.24, 2.45) is 40.4 Å². The average Bonchev–Trinajstić information content (AvgIpc) is 3.37. The molecule has 0 amide bonds. The molecule has 1 heterocycles. The summed E-state index contributed by atoms with van der Waals surface area (Å²) in [4.78, 5) is 0. The molecule has 1 aromatic rings. The van der Waals surface area contributed by atoms with E-state index in [4.69, 9.17) is 5.26 Å². The molecule has 5 nitrogen and oxygen atoms in total. The third-order valence-electron chi connectivity index (χ3n) is 10.8. The van der Waals surface area contributed by atoms with E-state index < -0.39 is 5.60 Å². The first kappa shape index (κ1) is 24.7. The normalized spacial score (nSPS) is 38.1. The maximum Gasteiger partial charge on any atom is 0.102 e. The van der Waals surface area contributed by atoms with Crippen LogP contribution in [-0.2, 0) is 6.54 Å². The van der Waals surface area contributed by atoms with E-state index in [1.165, 1.54) is 44.9 Å². The van der Waals surface area contributed by atoms with Crippen LogP contribution in [0.4, 0.5) is 0 Å². The van der Waals surface area contributed by atoms with Gasteiger partial charge in [0.25, 0.3) is 0 Å². The number of aliphatic hydroxyl groups excluding tert-OH is 1. The highest BCUT2D eigenvalue weighted by Gasteiger charge is 2.62. The van der Waals surface area contributed by atoms with Crippen molar-refractivity contribution in [3.63, 3.8) is 0 Å². The van der Waals surface area contributed by atoms with Crippen molar-refractivity contribution >= 4 is 0 Å². The number of nitrogens with zero attached hydrogens (tertiary/aromatic N) is 3. The highest BCUT2D eigenvalue weighted by molar-refractivity contribution is 5.22. The van der Waals surface area contributed by atoms with E-state index in [1.54, 1.807) is 17.1 Å². The van der Waals surface area contributed by atoms with Crippen LogP contribution in [-0.4, -0.2) is 31.7 Å². The van der Waals surface area contributed by atoms with Crippen LogP contribution in [0.25, 0.3) is 0 Å². The smallest absolute Gasteiger partial charge is 0.102 e. The second-order valence-corrected chi connectivity index (χ2v) is 12.2. The third-order valence-corrected chi connectivity index (χ3v) is 10.8. The summed E-state index contributed by atoms with van der Waals surface area (Å²) in [6.07, 6.45) is 13.7. The number of hydrogen-bond donors (Lipinski definition) is 2. The predicted molar refractivity (Wildman–Crippen MR) is 130 cm³/mol. The largest absolute Gasteiger partial charge is 0.393 e. The van der Waals surface area contributed by atoms with Gasteiger partial charge in [-0.25, -0.2) is 0 Å². The lowest BCUT2D eigenvalue weighted by molar-refractivity contribution is -0.139. The zero-order valence-electron chi connectivity index (χ0n) is 21.4. The maximum absolute atomic E-state index is 11.7. The molecule has 0 aromatic carbocycles. The van der Waals surface area contributed by atoms with Gasteiger partial charge in [-0.2, -0.15) is 10.4 Å². The lowest BCUT2D eigenvalue weighted by Crippen LogP contribution is -2.55. The summed E-state index contributed by atoms with van der Waals surface area (Å²) in [5.74, 6) is 3.04. The lowest BCUT2D eigenvalue weighted by atomic mass is 9.44. The van der Waals surface area contributed by atoms with Crippen LogP contribution < -0.4 is 0 Å². The molecule has 0 saturated heterocycles. The molecular formula is C28H45N3O2. The summed E-state index contributed by atoms with van der Waals surface area (Å²) in [5.41, 5.74) is 0.210. The van der Waals surface area contributed by atoms with Crippen LogP contribution in [0.3, 0.4) is 0 Å². The van der Waals surface area contributed by atoms with E-state index in [2.05, 4.69) is 31.9 Å². The quantitative estimate of drug-likeness (QED) is 0.564. The molecule has 1 aromatic heterocycles. The lowest BCUT2D eigenvalue weighted by Gasteiger charge is -2.61. The topological polar surface area (TPSA) is 82.1 Å². The minimum Gasteiger partial charge on any atom is -0.393 e. The van der Waals surface area contributed by atoms with Crippen molar-refractivity contribution in [2.75, 3.05) is 0 Å². The first-order valence-corrected chi connectivity index (χ1v) is 13.4. The molecule has 0 spiro atoms. The molecule has 8 atom stereocenters. The molecule has 3 saturated carbocycles. The molecule has 3 fully saturated rings. The van der Waals surface area contributed by atoms with Crippen LogP contribution >= 0.6 is 0 Å². The number of hydrogen-bond acceptors (Lipinski definition) is 4. The minimum atomic E-state index is -0.842. The third kappa shape index (κ3) is 4.06. The molecule has 0 bridgehead atoms. The predicted octanol–water partition coefficient (Wildman–Crippen LogP) is 5.55. The van der Waals surface area contributed by atoms with Gasteiger partial charge in [-0.05, 0) is 112 Å². The fraction of sp³-hybridized carbons (Fsp3) is 0.857. The molecule has 2 N–H and O–H groups in total. The fourth-order valence-electron chi connectivity index (χ4n) is 9.47. The molecular weight excluding hydrogens is 410 g/mol. The Hall–Kier alpha value is -1.38. The van der Waals surface area contributed by atoms with Gasteiger partial charge in [0.15, 0.2) is 0 Å². The average molecular weight is 456 g/mol. The second-order valence-electron chi connectivity index (χ2n) is 12.2. The summed E-state index contributed by atoms with van der Waals surface area (Å²) in [6, 6.07) is 2.14. The fourth-order valence-corrected chi connectivity index (χ4v) is 9.47. The molecule has 33 heavy (non-hydrogen) atoms. The van der Waals surface area contributed by atoms with Crippen LogP contribution in [0.15, 0.2) is 12.4 Å². The summed E-state index contributed by atoms with van der Waals surface area (Å²) in [6.45, 7) is 11.6. The van der Waals surface area contributed by atoms with Crippen LogP contribution in [0.1, 0.15) is 98.0 Å². The number of aromatic nitrogens is 2. The zero-order chi connectivity index (χ0) is 24.0. The van der Waals surface area contributed by atoms with Crippen LogP contribution in [0.2, 0.25) is 0 Å². The molecule has 5 heteroatoms. The van der Waals surface area contributed by atoms with Gasteiger partial charge < -0.3 is 10.2 Å². The van der Waals surface area contributed by atoms with E-state index in [9.17, 15) is 10.2 Å². The van der Waals surface area contributed by atoms with Gasteiger partial charge in [0.2, 0.25) is 0 Å². The van der Waals surface area contributed by atoms with E-state index in [0.717, 1.165) is 24.7 Å². The van der Waals surface area contributed by atoms with Gasteiger partial charge in [-0.3, -0.25) is 4.68 Å². The molecule has 4 rings (SSSR count). The van der Waals surface area contributed by atoms with E-state index in [1.807, 2.05) is 13.8 Å². The van der Waals surface area contributed by atoms with Crippen molar-refractivity contribution in [1.29, 1.82) is 5.26 Å². The second kappa shape index (κ2) is 9.00. The molecule has 184 valence electrons. The summed E-state index contributed by atoms with van der Waals surface area (Å²) >= 11 is 0. The summed E-state index contributed by atoms with van der Waals surface area (Å²) in [7, 11) is 0. The van der Waals surface area contributed by atoms with Crippen LogP contribution in [0.5, 0.6) is 0 Å². The Balaban J connectivity index is 1.57. The highest BCUT2D eigenvalue weighted by Crippen LogP contribution is 2.68. The minimum absolute atomic E-state index is 0.153. The van der Waals surface area contributed by atoms with Crippen molar-refractivity contribution < 1.29 is 10.2 Å². The number of fused-ring (bicyclic) bond motifs is 3. The molecule has 0 aliphatic heterocycles. The number of nitriles is 1. The molecule has 3 aliphatic rings. The standard InChI is InChI=1S/C28H45N3O2/c1-6-28(7-2)21(14-19(3)32)8-9-22-23-10-11-25(26(23,4)13-12-24(22)28)27(5,33)18-31-17-20(15-29)16-30-31/h16-17,19,21-25,32-33H,6-14,18H2,1-5H3/t19?,21-,22+,23+,24+,25+,26+,27-/m1/s1. The summed E-state index contributed by atoms with van der Waals surface area (Å²) in [5, 5.41) is 35.4. The van der Waals surface area contributed by atoms with Crippen molar-refractivity contribution in [2.45, 2.75) is 111 Å². The first-order chi connectivity index (χ1) is 15.6. The first-order valence-electron chi connectivity index (χ1n) is 13.4. The maximum atomic E-state index is 11.7. The van der Waals surface area contributed by atoms with E-state index in [-0.39, 0.29) is 17.4 Å². The molecule has 0 radical (unpaired) electrons. The highest BCUT2D eigenvalue weighted by atomic mass is 16.3. The van der Waals surface area contributed by atoms with Gasteiger partial charge in [-0.15, -0.1) is 0 Å². The number of aliphatic hydroxyl groups is 2. The van der Waals surface area contributed by atoms with E-state index in [0.29, 0.717) is 29.4 Å². The molecule has 3 aliphatic carbocycles. The Morgan fingerprint density at radius 3 is 2.55 bits per heavy atom. The van der Waals surface area contributed by atoms with Crippen molar-refractivity contribution in [3.05, 3.63) is 18.0 Å². The monoisotopic (exact) mass is 455 g/mol. The van der Waals surface area contributed by atoms with Crippen molar-refractivity contribution in [1.82, 2.24) is 9.78 Å². The van der Waals surface area contributed by atoms with Gasteiger partial charge in [-0.1, -0.05) is 20.8 Å². The van der Waals surface area contributed by atoms with Crippen LogP contribution in [0, 0.1) is 51.8 Å². The Morgan fingerprint density at radius 2 is 1.94 bits per heavy atom. The number of rotatable bonds is 7.